The summed E-state index contributed by atoms with van der Waals surface area (Å²) in [5.74, 6) is 0.616. The lowest BCUT2D eigenvalue weighted by molar-refractivity contribution is -0.133. The fraction of sp³-hybridized carbons (Fsp3) is 0.769. The van der Waals surface area contributed by atoms with Crippen molar-refractivity contribution in [3.05, 3.63) is 5.82 Å². The molecule has 0 atom stereocenters. The lowest BCUT2D eigenvalue weighted by Crippen LogP contribution is -2.09. The van der Waals surface area contributed by atoms with Crippen LogP contribution in [0.3, 0.4) is 0 Å². The lowest BCUT2D eigenvalue weighted by Gasteiger charge is -2.09. The summed E-state index contributed by atoms with van der Waals surface area (Å²) in [7, 11) is 0. The molecule has 0 radical (unpaired) electrons. The number of nitrogens with zero attached hydrogens (tertiary/aromatic N) is 3. The van der Waals surface area contributed by atoms with Gasteiger partial charge in [-0.25, -0.2) is 0 Å². The maximum atomic E-state index is 10.7. The Morgan fingerprint density at radius 1 is 1.32 bits per heavy atom. The number of aromatic nitrogens is 3. The fourth-order valence-electron chi connectivity index (χ4n) is 2.78. The van der Waals surface area contributed by atoms with Crippen molar-refractivity contribution in [1.29, 1.82) is 0 Å². The summed E-state index contributed by atoms with van der Waals surface area (Å²) in [6.07, 6.45) is 0. The first-order chi connectivity index (χ1) is 8.68. The van der Waals surface area contributed by atoms with Gasteiger partial charge in [-0.2, -0.15) is 0 Å². The first-order valence-electron chi connectivity index (χ1n) is 6.42. The van der Waals surface area contributed by atoms with Crippen LogP contribution in [-0.4, -0.2) is 31.6 Å². The highest BCUT2D eigenvalue weighted by molar-refractivity contribution is 7.99. The molecule has 6 heteroatoms. The number of thioether (sulfide) groups is 1. The highest BCUT2D eigenvalue weighted by atomic mass is 32.2. The van der Waals surface area contributed by atoms with Crippen molar-refractivity contribution in [3.8, 4) is 0 Å². The van der Waals surface area contributed by atoms with Gasteiger partial charge < -0.3 is 9.67 Å². The fourth-order valence-corrected chi connectivity index (χ4v) is 3.49. The van der Waals surface area contributed by atoms with Crippen LogP contribution < -0.4 is 0 Å². The molecule has 0 unspecified atom stereocenters. The van der Waals surface area contributed by atoms with Crippen LogP contribution in [0.15, 0.2) is 5.16 Å². The van der Waals surface area contributed by atoms with E-state index in [0.29, 0.717) is 21.9 Å². The highest BCUT2D eigenvalue weighted by Gasteiger charge is 2.64. The summed E-state index contributed by atoms with van der Waals surface area (Å²) in [5, 5.41) is 17.6. The van der Waals surface area contributed by atoms with Crippen LogP contribution in [0, 0.1) is 23.7 Å². The summed E-state index contributed by atoms with van der Waals surface area (Å²) >= 11 is 1.24. The molecule has 1 aliphatic carbocycles. The molecule has 0 bridgehead atoms. The SMILES string of the molecule is Cc1nnc(SCC(=O)O)n1CC1C(C)(C)C1(C)C. The van der Waals surface area contributed by atoms with Gasteiger partial charge in [0.1, 0.15) is 5.82 Å². The quantitative estimate of drug-likeness (QED) is 0.841. The molecule has 106 valence electrons. The molecule has 2 rings (SSSR count). The van der Waals surface area contributed by atoms with Gasteiger partial charge in [0, 0.05) is 6.54 Å². The molecule has 1 aliphatic rings. The molecule has 0 aliphatic heterocycles. The van der Waals surface area contributed by atoms with E-state index in [-0.39, 0.29) is 5.75 Å². The maximum absolute atomic E-state index is 10.7. The molecule has 19 heavy (non-hydrogen) atoms. The van der Waals surface area contributed by atoms with E-state index >= 15 is 0 Å². The summed E-state index contributed by atoms with van der Waals surface area (Å²) in [5.41, 5.74) is 0.608. The minimum Gasteiger partial charge on any atom is -0.481 e. The second kappa shape index (κ2) is 4.51. The van der Waals surface area contributed by atoms with Gasteiger partial charge in [-0.15, -0.1) is 10.2 Å². The van der Waals surface area contributed by atoms with Gasteiger partial charge in [0.2, 0.25) is 0 Å². The number of carboxylic acid groups (broad SMARTS) is 1. The number of aliphatic carboxylic acids is 1. The standard InChI is InChI=1S/C13H21N3O2S/c1-8-14-15-11(19-7-10(17)18)16(8)6-9-12(2,3)13(9,4)5/h9H,6-7H2,1-5H3,(H,17,18). The van der Waals surface area contributed by atoms with Crippen LogP contribution in [0.5, 0.6) is 0 Å². The number of hydrogen-bond acceptors (Lipinski definition) is 4. The average Bonchev–Trinajstić information content (AvgIpc) is 2.59. The van der Waals surface area contributed by atoms with Crippen molar-refractivity contribution in [3.63, 3.8) is 0 Å². The molecule has 1 saturated carbocycles. The van der Waals surface area contributed by atoms with Gasteiger partial charge in [-0.1, -0.05) is 39.5 Å². The molecule has 1 N–H and O–H groups in total. The van der Waals surface area contributed by atoms with Gasteiger partial charge >= 0.3 is 5.97 Å². The van der Waals surface area contributed by atoms with Crippen molar-refractivity contribution >= 4 is 17.7 Å². The molecular weight excluding hydrogens is 262 g/mol. The van der Waals surface area contributed by atoms with Gasteiger partial charge in [0.15, 0.2) is 5.16 Å². The van der Waals surface area contributed by atoms with Crippen molar-refractivity contribution in [2.24, 2.45) is 16.7 Å². The third-order valence-electron chi connectivity index (χ3n) is 4.91. The topological polar surface area (TPSA) is 68.0 Å². The Morgan fingerprint density at radius 3 is 2.37 bits per heavy atom. The van der Waals surface area contributed by atoms with Crippen LogP contribution in [0.25, 0.3) is 0 Å². The Kier molecular flexibility index (Phi) is 3.41. The Hall–Kier alpha value is -1.04. The van der Waals surface area contributed by atoms with E-state index < -0.39 is 5.97 Å². The first kappa shape index (κ1) is 14.4. The zero-order valence-electron chi connectivity index (χ0n) is 12.1. The second-order valence-corrected chi connectivity index (χ2v) is 7.26. The van der Waals surface area contributed by atoms with Crippen LogP contribution in [0.1, 0.15) is 33.5 Å². The van der Waals surface area contributed by atoms with E-state index in [1.165, 1.54) is 11.8 Å². The molecule has 0 saturated heterocycles. The van der Waals surface area contributed by atoms with E-state index in [4.69, 9.17) is 5.11 Å². The zero-order chi connectivity index (χ0) is 14.4. The molecular formula is C13H21N3O2S. The molecule has 5 nitrogen and oxygen atoms in total. The summed E-state index contributed by atoms with van der Waals surface area (Å²) in [4.78, 5) is 10.7. The number of aryl methyl sites for hydroxylation is 1. The average molecular weight is 283 g/mol. The Labute approximate surface area is 117 Å². The van der Waals surface area contributed by atoms with Crippen molar-refractivity contribution < 1.29 is 9.90 Å². The van der Waals surface area contributed by atoms with Crippen molar-refractivity contribution in [2.75, 3.05) is 5.75 Å². The van der Waals surface area contributed by atoms with Gasteiger partial charge in [-0.3, -0.25) is 4.79 Å². The largest absolute Gasteiger partial charge is 0.481 e. The lowest BCUT2D eigenvalue weighted by atomic mass is 10.0. The van der Waals surface area contributed by atoms with Crippen LogP contribution in [0.4, 0.5) is 0 Å². The minimum atomic E-state index is -0.829. The Bertz CT molecular complexity index is 494. The molecule has 1 fully saturated rings. The second-order valence-electron chi connectivity index (χ2n) is 6.32. The summed E-state index contributed by atoms with van der Waals surface area (Å²) in [6, 6.07) is 0. The number of rotatable bonds is 5. The first-order valence-corrected chi connectivity index (χ1v) is 7.41. The molecule has 1 aromatic heterocycles. The van der Waals surface area contributed by atoms with E-state index in [2.05, 4.69) is 42.5 Å². The molecule has 0 spiro atoms. The number of carboxylic acids is 1. The summed E-state index contributed by atoms with van der Waals surface area (Å²) < 4.78 is 2.05. The van der Waals surface area contributed by atoms with Gasteiger partial charge in [-0.05, 0) is 23.7 Å². The van der Waals surface area contributed by atoms with Crippen LogP contribution >= 0.6 is 11.8 Å². The molecule has 1 aromatic rings. The van der Waals surface area contributed by atoms with Gasteiger partial charge in [0.05, 0.1) is 5.75 Å². The van der Waals surface area contributed by atoms with Crippen molar-refractivity contribution in [1.82, 2.24) is 14.8 Å². The number of hydrogen-bond donors (Lipinski definition) is 1. The Morgan fingerprint density at radius 2 is 1.89 bits per heavy atom. The monoisotopic (exact) mass is 283 g/mol. The van der Waals surface area contributed by atoms with Gasteiger partial charge in [0.25, 0.3) is 0 Å². The highest BCUT2D eigenvalue weighted by Crippen LogP contribution is 2.68. The summed E-state index contributed by atoms with van der Waals surface area (Å²) in [6.45, 7) is 11.9. The maximum Gasteiger partial charge on any atom is 0.313 e. The normalized spacial score (nSPS) is 20.5. The third-order valence-corrected chi connectivity index (χ3v) is 5.86. The van der Waals surface area contributed by atoms with E-state index in [0.717, 1.165) is 12.4 Å². The molecule has 1 heterocycles. The van der Waals surface area contributed by atoms with Crippen molar-refractivity contribution in [2.45, 2.75) is 46.3 Å². The molecule has 0 amide bonds. The van der Waals surface area contributed by atoms with E-state index in [1.54, 1.807) is 0 Å². The predicted molar refractivity (Wildman–Crippen MR) is 74.2 cm³/mol. The molecule has 0 aromatic carbocycles. The predicted octanol–water partition coefficient (Wildman–Crippen LogP) is 2.45. The third kappa shape index (κ3) is 2.38. The number of carbonyl (C=O) groups is 1. The van der Waals surface area contributed by atoms with E-state index in [9.17, 15) is 4.79 Å². The Balaban J connectivity index is 2.13. The zero-order valence-corrected chi connectivity index (χ0v) is 12.9. The smallest absolute Gasteiger partial charge is 0.313 e. The van der Waals surface area contributed by atoms with Crippen LogP contribution in [-0.2, 0) is 11.3 Å². The van der Waals surface area contributed by atoms with E-state index in [1.807, 2.05) is 6.92 Å². The minimum absolute atomic E-state index is 0.0234. The van der Waals surface area contributed by atoms with Crippen LogP contribution in [0.2, 0.25) is 0 Å².